The Morgan fingerprint density at radius 1 is 1.28 bits per heavy atom. The van der Waals surface area contributed by atoms with Crippen LogP contribution in [0.1, 0.15) is 63.3 Å². The highest BCUT2D eigenvalue weighted by Crippen LogP contribution is 2.33. The molecule has 100 valence electrons. The monoisotopic (exact) mass is 248 g/mol. The standard InChI is InChI=1S/C16H24O2/c1-4-5-6-12-11-18-15-10-16(2,3)9-13(17)7-8-14(12)15/h11H,4-10H2,1-3H3. The summed E-state index contributed by atoms with van der Waals surface area (Å²) in [7, 11) is 0. The topological polar surface area (TPSA) is 30.2 Å². The molecular formula is C16H24O2. The summed E-state index contributed by atoms with van der Waals surface area (Å²) in [6.07, 6.45) is 8.52. The Labute approximate surface area is 110 Å². The molecule has 1 heterocycles. The van der Waals surface area contributed by atoms with Crippen molar-refractivity contribution < 1.29 is 9.21 Å². The summed E-state index contributed by atoms with van der Waals surface area (Å²) in [6, 6.07) is 0. The second kappa shape index (κ2) is 5.29. The normalized spacial score (nSPS) is 19.2. The first-order valence-corrected chi connectivity index (χ1v) is 7.11. The Morgan fingerprint density at radius 3 is 2.78 bits per heavy atom. The zero-order valence-corrected chi connectivity index (χ0v) is 11.8. The molecule has 2 nitrogen and oxygen atoms in total. The first-order chi connectivity index (χ1) is 8.52. The molecule has 0 fully saturated rings. The first kappa shape index (κ1) is 13.4. The van der Waals surface area contributed by atoms with Crippen molar-refractivity contribution in [2.24, 2.45) is 5.41 Å². The molecule has 2 rings (SSSR count). The van der Waals surface area contributed by atoms with Crippen molar-refractivity contribution >= 4 is 5.78 Å². The van der Waals surface area contributed by atoms with E-state index in [9.17, 15) is 4.79 Å². The number of aryl methyl sites for hydroxylation is 1. The number of furan rings is 1. The SMILES string of the molecule is CCCCc1coc2c1CCC(=O)CC(C)(C)C2. The van der Waals surface area contributed by atoms with Crippen LogP contribution in [0.2, 0.25) is 0 Å². The molecule has 1 aromatic rings. The van der Waals surface area contributed by atoms with Gasteiger partial charge in [-0.2, -0.15) is 0 Å². The summed E-state index contributed by atoms with van der Waals surface area (Å²) in [4.78, 5) is 11.9. The van der Waals surface area contributed by atoms with Crippen molar-refractivity contribution in [1.82, 2.24) is 0 Å². The number of unbranched alkanes of at least 4 members (excludes halogenated alkanes) is 1. The van der Waals surface area contributed by atoms with E-state index in [0.717, 1.165) is 25.0 Å². The second-order valence-corrected chi connectivity index (χ2v) is 6.32. The highest BCUT2D eigenvalue weighted by molar-refractivity contribution is 5.79. The third-order valence-corrected chi connectivity index (χ3v) is 3.84. The molecule has 18 heavy (non-hydrogen) atoms. The Balaban J connectivity index is 2.25. The van der Waals surface area contributed by atoms with Gasteiger partial charge in [0.1, 0.15) is 11.5 Å². The van der Waals surface area contributed by atoms with E-state index in [1.54, 1.807) is 0 Å². The van der Waals surface area contributed by atoms with E-state index >= 15 is 0 Å². The summed E-state index contributed by atoms with van der Waals surface area (Å²) in [5.74, 6) is 1.52. The molecule has 0 amide bonds. The molecule has 0 radical (unpaired) electrons. The largest absolute Gasteiger partial charge is 0.469 e. The van der Waals surface area contributed by atoms with E-state index in [1.807, 2.05) is 6.26 Å². The molecule has 0 atom stereocenters. The van der Waals surface area contributed by atoms with Gasteiger partial charge in [0, 0.05) is 19.3 Å². The van der Waals surface area contributed by atoms with Gasteiger partial charge in [-0.1, -0.05) is 27.2 Å². The molecule has 1 aliphatic carbocycles. The lowest BCUT2D eigenvalue weighted by atomic mass is 9.78. The Bertz CT molecular complexity index is 426. The number of hydrogen-bond acceptors (Lipinski definition) is 2. The predicted molar refractivity (Wildman–Crippen MR) is 72.8 cm³/mol. The summed E-state index contributed by atoms with van der Waals surface area (Å²) >= 11 is 0. The molecule has 0 unspecified atom stereocenters. The van der Waals surface area contributed by atoms with Gasteiger partial charge in [0.05, 0.1) is 6.26 Å². The van der Waals surface area contributed by atoms with Gasteiger partial charge in [0.2, 0.25) is 0 Å². The van der Waals surface area contributed by atoms with E-state index in [0.29, 0.717) is 18.6 Å². The van der Waals surface area contributed by atoms with Crippen LogP contribution in [0.15, 0.2) is 10.7 Å². The van der Waals surface area contributed by atoms with E-state index in [2.05, 4.69) is 20.8 Å². The van der Waals surface area contributed by atoms with Crippen LogP contribution in [0.3, 0.4) is 0 Å². The van der Waals surface area contributed by atoms with Gasteiger partial charge in [-0.05, 0) is 35.8 Å². The zero-order valence-electron chi connectivity index (χ0n) is 11.8. The Hall–Kier alpha value is -1.05. The zero-order chi connectivity index (χ0) is 13.2. The molecule has 0 bridgehead atoms. The van der Waals surface area contributed by atoms with Crippen molar-refractivity contribution in [2.45, 2.75) is 65.7 Å². The lowest BCUT2D eigenvalue weighted by molar-refractivity contribution is -0.121. The number of fused-ring (bicyclic) bond motifs is 1. The van der Waals surface area contributed by atoms with E-state index < -0.39 is 0 Å². The number of carbonyl (C=O) groups excluding carboxylic acids is 1. The fraction of sp³-hybridized carbons (Fsp3) is 0.688. The van der Waals surface area contributed by atoms with Crippen molar-refractivity contribution in [3.63, 3.8) is 0 Å². The van der Waals surface area contributed by atoms with Crippen LogP contribution in [0.4, 0.5) is 0 Å². The minimum Gasteiger partial charge on any atom is -0.469 e. The molecule has 0 N–H and O–H groups in total. The van der Waals surface area contributed by atoms with Crippen LogP contribution in [0, 0.1) is 5.41 Å². The van der Waals surface area contributed by atoms with Gasteiger partial charge in [-0.25, -0.2) is 0 Å². The molecule has 0 saturated carbocycles. The maximum absolute atomic E-state index is 11.9. The van der Waals surface area contributed by atoms with E-state index in [-0.39, 0.29) is 5.41 Å². The number of Topliss-reactive ketones (excluding diaryl/α,β-unsaturated/α-hetero) is 1. The fourth-order valence-electron chi connectivity index (χ4n) is 2.87. The van der Waals surface area contributed by atoms with E-state index in [1.165, 1.54) is 24.0 Å². The van der Waals surface area contributed by atoms with Crippen molar-refractivity contribution in [3.8, 4) is 0 Å². The molecule has 0 aromatic carbocycles. The van der Waals surface area contributed by atoms with Crippen LogP contribution < -0.4 is 0 Å². The van der Waals surface area contributed by atoms with Gasteiger partial charge in [0.25, 0.3) is 0 Å². The van der Waals surface area contributed by atoms with Crippen LogP contribution in [0.5, 0.6) is 0 Å². The van der Waals surface area contributed by atoms with Gasteiger partial charge in [-0.3, -0.25) is 4.79 Å². The Morgan fingerprint density at radius 2 is 2.06 bits per heavy atom. The van der Waals surface area contributed by atoms with Crippen molar-refractivity contribution in [1.29, 1.82) is 0 Å². The molecule has 1 aromatic heterocycles. The summed E-state index contributed by atoms with van der Waals surface area (Å²) in [6.45, 7) is 6.53. The number of carbonyl (C=O) groups is 1. The lowest BCUT2D eigenvalue weighted by Crippen LogP contribution is -2.23. The number of ketones is 1. The van der Waals surface area contributed by atoms with Crippen LogP contribution in [-0.2, 0) is 24.1 Å². The summed E-state index contributed by atoms with van der Waals surface area (Å²) in [5.41, 5.74) is 2.69. The van der Waals surface area contributed by atoms with Crippen LogP contribution in [0.25, 0.3) is 0 Å². The van der Waals surface area contributed by atoms with Crippen molar-refractivity contribution in [2.75, 3.05) is 0 Å². The highest BCUT2D eigenvalue weighted by atomic mass is 16.3. The molecule has 0 saturated heterocycles. The third-order valence-electron chi connectivity index (χ3n) is 3.84. The summed E-state index contributed by atoms with van der Waals surface area (Å²) in [5, 5.41) is 0. The fourth-order valence-corrected chi connectivity index (χ4v) is 2.87. The maximum Gasteiger partial charge on any atom is 0.133 e. The number of hydrogen-bond donors (Lipinski definition) is 0. The Kier molecular flexibility index (Phi) is 3.94. The lowest BCUT2D eigenvalue weighted by Gasteiger charge is -2.25. The molecule has 2 heteroatoms. The number of rotatable bonds is 3. The average Bonchev–Trinajstić information content (AvgIpc) is 2.62. The predicted octanol–water partition coefficient (Wildman–Crippen LogP) is 4.10. The van der Waals surface area contributed by atoms with Gasteiger partial charge >= 0.3 is 0 Å². The highest BCUT2D eigenvalue weighted by Gasteiger charge is 2.29. The smallest absolute Gasteiger partial charge is 0.133 e. The van der Waals surface area contributed by atoms with Crippen LogP contribution >= 0.6 is 0 Å². The molecular weight excluding hydrogens is 224 g/mol. The minimum absolute atomic E-state index is 0.0339. The van der Waals surface area contributed by atoms with Crippen LogP contribution in [-0.4, -0.2) is 5.78 Å². The minimum atomic E-state index is 0.0339. The molecule has 1 aliphatic rings. The second-order valence-electron chi connectivity index (χ2n) is 6.32. The van der Waals surface area contributed by atoms with Gasteiger partial charge < -0.3 is 4.42 Å². The molecule has 0 aliphatic heterocycles. The molecule has 0 spiro atoms. The maximum atomic E-state index is 11.9. The van der Waals surface area contributed by atoms with Gasteiger partial charge in [0.15, 0.2) is 0 Å². The third kappa shape index (κ3) is 3.04. The summed E-state index contributed by atoms with van der Waals surface area (Å²) < 4.78 is 5.78. The quantitative estimate of drug-likeness (QED) is 0.806. The first-order valence-electron chi connectivity index (χ1n) is 7.11. The average molecular weight is 248 g/mol. The van der Waals surface area contributed by atoms with Gasteiger partial charge in [-0.15, -0.1) is 0 Å². The van der Waals surface area contributed by atoms with E-state index in [4.69, 9.17) is 4.42 Å². The van der Waals surface area contributed by atoms with Crippen molar-refractivity contribution in [3.05, 3.63) is 23.2 Å².